The summed E-state index contributed by atoms with van der Waals surface area (Å²) in [6.07, 6.45) is 8.91. The summed E-state index contributed by atoms with van der Waals surface area (Å²) in [4.78, 5) is 2.58. The Morgan fingerprint density at radius 1 is 1.07 bits per heavy atom. The lowest BCUT2D eigenvalue weighted by Crippen LogP contribution is -2.41. The molecule has 15 heavy (non-hydrogen) atoms. The first-order valence-corrected chi connectivity index (χ1v) is 6.97. The number of rotatable bonds is 9. The standard InChI is InChI=1S/C12H25NOS/c14-10-5-9-13(12-6-4-7-12)8-2-1-3-11-15/h12,14-15H,1-11H2. The molecule has 1 rings (SSSR count). The molecule has 1 N–H and O–H groups in total. The Bertz CT molecular complexity index is 151. The smallest absolute Gasteiger partial charge is 0.0443 e. The molecule has 0 aliphatic heterocycles. The summed E-state index contributed by atoms with van der Waals surface area (Å²) >= 11 is 4.23. The molecule has 2 nitrogen and oxygen atoms in total. The first kappa shape index (κ1) is 13.3. The molecule has 0 saturated heterocycles. The third-order valence-electron chi connectivity index (χ3n) is 3.30. The Kier molecular flexibility index (Phi) is 7.49. The molecule has 0 aromatic rings. The summed E-state index contributed by atoms with van der Waals surface area (Å²) < 4.78 is 0. The molecule has 1 saturated carbocycles. The highest BCUT2D eigenvalue weighted by Gasteiger charge is 2.23. The van der Waals surface area contributed by atoms with Crippen LogP contribution in [0.1, 0.15) is 44.9 Å². The van der Waals surface area contributed by atoms with Gasteiger partial charge in [0.25, 0.3) is 0 Å². The molecule has 1 aliphatic carbocycles. The summed E-state index contributed by atoms with van der Waals surface area (Å²) in [5, 5.41) is 8.86. The van der Waals surface area contributed by atoms with Crippen LogP contribution in [-0.2, 0) is 0 Å². The summed E-state index contributed by atoms with van der Waals surface area (Å²) in [7, 11) is 0. The molecule has 3 heteroatoms. The van der Waals surface area contributed by atoms with Crippen molar-refractivity contribution >= 4 is 12.6 Å². The number of hydrogen-bond acceptors (Lipinski definition) is 3. The van der Waals surface area contributed by atoms with Crippen molar-refractivity contribution in [1.82, 2.24) is 4.90 Å². The van der Waals surface area contributed by atoms with Gasteiger partial charge in [-0.25, -0.2) is 0 Å². The Balaban J connectivity index is 2.10. The largest absolute Gasteiger partial charge is 0.396 e. The average Bonchev–Trinajstić information content (AvgIpc) is 2.17. The topological polar surface area (TPSA) is 23.5 Å². The van der Waals surface area contributed by atoms with Gasteiger partial charge in [0.15, 0.2) is 0 Å². The van der Waals surface area contributed by atoms with Crippen LogP contribution in [0.2, 0.25) is 0 Å². The number of thiol groups is 1. The molecule has 90 valence electrons. The van der Waals surface area contributed by atoms with Gasteiger partial charge in [-0.1, -0.05) is 12.8 Å². The lowest BCUT2D eigenvalue weighted by atomic mass is 9.91. The third kappa shape index (κ3) is 5.23. The molecular formula is C12H25NOS. The molecule has 0 unspecified atom stereocenters. The number of hydrogen-bond donors (Lipinski definition) is 2. The van der Waals surface area contributed by atoms with Crippen LogP contribution < -0.4 is 0 Å². The van der Waals surface area contributed by atoms with Gasteiger partial charge in [-0.05, 0) is 44.4 Å². The zero-order valence-corrected chi connectivity index (χ0v) is 10.6. The van der Waals surface area contributed by atoms with E-state index in [0.717, 1.165) is 24.8 Å². The summed E-state index contributed by atoms with van der Waals surface area (Å²) in [6.45, 7) is 2.64. The van der Waals surface area contributed by atoms with Crippen LogP contribution in [0.3, 0.4) is 0 Å². The van der Waals surface area contributed by atoms with Crippen molar-refractivity contribution < 1.29 is 5.11 Å². The van der Waals surface area contributed by atoms with Gasteiger partial charge in [0.05, 0.1) is 0 Å². The number of aliphatic hydroxyl groups excluding tert-OH is 1. The number of nitrogens with zero attached hydrogens (tertiary/aromatic N) is 1. The van der Waals surface area contributed by atoms with Crippen LogP contribution in [0.5, 0.6) is 0 Å². The Morgan fingerprint density at radius 2 is 1.80 bits per heavy atom. The van der Waals surface area contributed by atoms with Gasteiger partial charge in [-0.15, -0.1) is 0 Å². The first-order chi connectivity index (χ1) is 7.38. The lowest BCUT2D eigenvalue weighted by molar-refractivity contribution is 0.114. The summed E-state index contributed by atoms with van der Waals surface area (Å²) in [5.74, 6) is 1.01. The maximum absolute atomic E-state index is 8.86. The average molecular weight is 231 g/mol. The first-order valence-electron chi connectivity index (χ1n) is 6.34. The van der Waals surface area contributed by atoms with E-state index >= 15 is 0 Å². The quantitative estimate of drug-likeness (QED) is 0.470. The molecule has 0 bridgehead atoms. The second-order valence-corrected chi connectivity index (χ2v) is 4.93. The van der Waals surface area contributed by atoms with Crippen molar-refractivity contribution in [1.29, 1.82) is 0 Å². The normalized spacial score (nSPS) is 17.0. The van der Waals surface area contributed by atoms with Crippen LogP contribution in [-0.4, -0.2) is 41.5 Å². The fourth-order valence-electron chi connectivity index (χ4n) is 2.11. The van der Waals surface area contributed by atoms with Crippen molar-refractivity contribution in [2.75, 3.05) is 25.4 Å². The highest BCUT2D eigenvalue weighted by atomic mass is 32.1. The van der Waals surface area contributed by atoms with E-state index in [1.54, 1.807) is 0 Å². The molecule has 0 heterocycles. The molecule has 0 aromatic heterocycles. The van der Waals surface area contributed by atoms with Crippen LogP contribution in [0.25, 0.3) is 0 Å². The van der Waals surface area contributed by atoms with Gasteiger partial charge in [0.1, 0.15) is 0 Å². The van der Waals surface area contributed by atoms with E-state index < -0.39 is 0 Å². The molecule has 0 atom stereocenters. The summed E-state index contributed by atoms with van der Waals surface area (Å²) in [5.41, 5.74) is 0. The Hall–Kier alpha value is 0.270. The number of aliphatic hydroxyl groups is 1. The van der Waals surface area contributed by atoms with Crippen molar-refractivity contribution in [3.05, 3.63) is 0 Å². The SMILES string of the molecule is OCCCN(CCCCCS)C1CCC1. The molecule has 0 amide bonds. The van der Waals surface area contributed by atoms with Gasteiger partial charge < -0.3 is 10.0 Å². The van der Waals surface area contributed by atoms with Gasteiger partial charge in [-0.3, -0.25) is 0 Å². The van der Waals surface area contributed by atoms with Gasteiger partial charge >= 0.3 is 0 Å². The predicted molar refractivity (Wildman–Crippen MR) is 68.6 cm³/mol. The van der Waals surface area contributed by atoms with E-state index in [1.165, 1.54) is 45.1 Å². The minimum atomic E-state index is 0.333. The van der Waals surface area contributed by atoms with Crippen LogP contribution in [0, 0.1) is 0 Å². The van der Waals surface area contributed by atoms with Crippen LogP contribution >= 0.6 is 12.6 Å². The predicted octanol–water partition coefficient (Wildman–Crippen LogP) is 2.32. The highest BCUT2D eigenvalue weighted by molar-refractivity contribution is 7.80. The molecule has 1 fully saturated rings. The van der Waals surface area contributed by atoms with Crippen molar-refractivity contribution in [3.63, 3.8) is 0 Å². The fourth-order valence-corrected chi connectivity index (χ4v) is 2.33. The summed E-state index contributed by atoms with van der Waals surface area (Å²) in [6, 6.07) is 0.826. The maximum Gasteiger partial charge on any atom is 0.0443 e. The zero-order valence-electron chi connectivity index (χ0n) is 9.70. The Morgan fingerprint density at radius 3 is 2.33 bits per heavy atom. The van der Waals surface area contributed by atoms with E-state index in [4.69, 9.17) is 5.11 Å². The minimum absolute atomic E-state index is 0.333. The van der Waals surface area contributed by atoms with Crippen molar-refractivity contribution in [3.8, 4) is 0 Å². The van der Waals surface area contributed by atoms with Crippen molar-refractivity contribution in [2.24, 2.45) is 0 Å². The molecule has 0 aromatic carbocycles. The second kappa shape index (κ2) is 8.43. The monoisotopic (exact) mass is 231 g/mol. The third-order valence-corrected chi connectivity index (χ3v) is 3.61. The highest BCUT2D eigenvalue weighted by Crippen LogP contribution is 2.25. The lowest BCUT2D eigenvalue weighted by Gasteiger charge is -2.37. The van der Waals surface area contributed by atoms with E-state index in [2.05, 4.69) is 17.5 Å². The Labute approximate surface area is 99.5 Å². The van der Waals surface area contributed by atoms with Crippen LogP contribution in [0.15, 0.2) is 0 Å². The molecular weight excluding hydrogens is 206 g/mol. The van der Waals surface area contributed by atoms with Crippen molar-refractivity contribution in [2.45, 2.75) is 51.0 Å². The molecule has 0 radical (unpaired) electrons. The second-order valence-electron chi connectivity index (χ2n) is 4.48. The van der Waals surface area contributed by atoms with E-state index in [9.17, 15) is 0 Å². The van der Waals surface area contributed by atoms with Crippen LogP contribution in [0.4, 0.5) is 0 Å². The zero-order chi connectivity index (χ0) is 10.9. The molecule has 0 spiro atoms. The molecule has 1 aliphatic rings. The fraction of sp³-hybridized carbons (Fsp3) is 1.00. The van der Waals surface area contributed by atoms with Gasteiger partial charge in [-0.2, -0.15) is 12.6 Å². The van der Waals surface area contributed by atoms with E-state index in [0.29, 0.717) is 6.61 Å². The van der Waals surface area contributed by atoms with E-state index in [1.807, 2.05) is 0 Å². The van der Waals surface area contributed by atoms with E-state index in [-0.39, 0.29) is 0 Å². The van der Waals surface area contributed by atoms with Gasteiger partial charge in [0, 0.05) is 19.2 Å². The minimum Gasteiger partial charge on any atom is -0.396 e. The van der Waals surface area contributed by atoms with Gasteiger partial charge in [0.2, 0.25) is 0 Å². The maximum atomic E-state index is 8.86. The number of unbranched alkanes of at least 4 members (excludes halogenated alkanes) is 2.